The average molecular weight is 278 g/mol. The van der Waals surface area contributed by atoms with E-state index in [-0.39, 0.29) is 0 Å². The fraction of sp³-hybridized carbons (Fsp3) is 1.00. The van der Waals surface area contributed by atoms with Gasteiger partial charge in [-0.3, -0.25) is 0 Å². The van der Waals surface area contributed by atoms with E-state index in [9.17, 15) is 0 Å². The van der Waals surface area contributed by atoms with Crippen molar-refractivity contribution in [3.63, 3.8) is 0 Å². The molecule has 3 fully saturated rings. The van der Waals surface area contributed by atoms with Crippen LogP contribution in [0.3, 0.4) is 0 Å². The molecule has 0 aromatic heterocycles. The molecule has 20 heavy (non-hydrogen) atoms. The van der Waals surface area contributed by atoms with Gasteiger partial charge in [0.25, 0.3) is 0 Å². The Kier molecular flexibility index (Phi) is 4.72. The number of nitrogens with one attached hydrogen (secondary N) is 1. The fourth-order valence-electron chi connectivity index (χ4n) is 5.09. The lowest BCUT2D eigenvalue weighted by Crippen LogP contribution is -2.45. The van der Waals surface area contributed by atoms with Crippen LogP contribution in [0.5, 0.6) is 0 Å². The molecule has 0 aromatic rings. The normalized spacial score (nSPS) is 42.0. The topological polar surface area (TPSA) is 15.3 Å². The van der Waals surface area contributed by atoms with E-state index in [2.05, 4.69) is 24.1 Å². The molecule has 0 amide bonds. The zero-order valence-corrected chi connectivity index (χ0v) is 13.7. The molecule has 1 N–H and O–H groups in total. The van der Waals surface area contributed by atoms with Crippen LogP contribution in [0, 0.1) is 23.2 Å². The number of nitrogens with zero attached hydrogens (tertiary/aromatic N) is 1. The van der Waals surface area contributed by atoms with Crippen LogP contribution in [0.1, 0.15) is 58.8 Å². The third-order valence-electron chi connectivity index (χ3n) is 6.45. The van der Waals surface area contributed by atoms with Crippen molar-refractivity contribution in [3.05, 3.63) is 0 Å². The summed E-state index contributed by atoms with van der Waals surface area (Å²) in [4.78, 5) is 2.84. The summed E-state index contributed by atoms with van der Waals surface area (Å²) in [5.41, 5.74) is 0.584. The molecule has 0 radical (unpaired) electrons. The molecule has 0 spiro atoms. The number of fused-ring (bicyclic) bond motifs is 1. The molecular formula is C18H34N2. The van der Waals surface area contributed by atoms with Gasteiger partial charge in [-0.15, -0.1) is 0 Å². The van der Waals surface area contributed by atoms with Gasteiger partial charge in [-0.2, -0.15) is 0 Å². The molecular weight excluding hydrogens is 244 g/mol. The Labute approximate surface area is 125 Å². The molecule has 1 heterocycles. The third-order valence-corrected chi connectivity index (χ3v) is 6.45. The lowest BCUT2D eigenvalue weighted by Gasteiger charge is -2.42. The first-order valence-electron chi connectivity index (χ1n) is 9.14. The number of rotatable bonds is 5. The largest absolute Gasteiger partial charge is 0.316 e. The predicted octanol–water partition coefficient (Wildman–Crippen LogP) is 3.52. The monoisotopic (exact) mass is 278 g/mol. The SMILES string of the molecule is CCNCC1(CN2CC3CCCC3C2)CCC(C)CC1. The summed E-state index contributed by atoms with van der Waals surface area (Å²) in [6, 6.07) is 0. The van der Waals surface area contributed by atoms with Gasteiger partial charge in [-0.05, 0) is 55.4 Å². The number of hydrogen-bond donors (Lipinski definition) is 1. The van der Waals surface area contributed by atoms with Crippen molar-refractivity contribution in [1.29, 1.82) is 0 Å². The summed E-state index contributed by atoms with van der Waals surface area (Å²) in [6.07, 6.45) is 10.3. The van der Waals surface area contributed by atoms with Crippen LogP contribution >= 0.6 is 0 Å². The molecule has 0 bridgehead atoms. The molecule has 2 saturated carbocycles. The highest BCUT2D eigenvalue weighted by atomic mass is 15.2. The standard InChI is InChI=1S/C18H34N2/c1-3-19-13-18(9-7-15(2)8-10-18)14-20-11-16-5-4-6-17(16)12-20/h15-17,19H,3-14H2,1-2H3. The van der Waals surface area contributed by atoms with Gasteiger partial charge in [0.1, 0.15) is 0 Å². The number of likely N-dealkylation sites (tertiary alicyclic amines) is 1. The Morgan fingerprint density at radius 1 is 1.05 bits per heavy atom. The van der Waals surface area contributed by atoms with Crippen molar-refractivity contribution in [2.24, 2.45) is 23.2 Å². The minimum absolute atomic E-state index is 0.584. The van der Waals surface area contributed by atoms with Crippen molar-refractivity contribution in [1.82, 2.24) is 10.2 Å². The Morgan fingerprint density at radius 3 is 2.30 bits per heavy atom. The van der Waals surface area contributed by atoms with Crippen LogP contribution < -0.4 is 5.32 Å². The van der Waals surface area contributed by atoms with E-state index in [0.717, 1.165) is 24.3 Å². The van der Waals surface area contributed by atoms with E-state index in [1.807, 2.05) is 0 Å². The Morgan fingerprint density at radius 2 is 1.70 bits per heavy atom. The molecule has 3 rings (SSSR count). The lowest BCUT2D eigenvalue weighted by atomic mass is 9.70. The van der Waals surface area contributed by atoms with Crippen molar-refractivity contribution in [3.8, 4) is 0 Å². The van der Waals surface area contributed by atoms with Gasteiger partial charge < -0.3 is 10.2 Å². The fourth-order valence-corrected chi connectivity index (χ4v) is 5.09. The highest BCUT2D eigenvalue weighted by Crippen LogP contribution is 2.43. The van der Waals surface area contributed by atoms with Crippen LogP contribution in [0.25, 0.3) is 0 Å². The van der Waals surface area contributed by atoms with Gasteiger partial charge in [-0.25, -0.2) is 0 Å². The summed E-state index contributed by atoms with van der Waals surface area (Å²) in [7, 11) is 0. The molecule has 2 heteroatoms. The minimum atomic E-state index is 0.584. The van der Waals surface area contributed by atoms with E-state index in [1.54, 1.807) is 0 Å². The molecule has 3 aliphatic rings. The van der Waals surface area contributed by atoms with Crippen LogP contribution in [-0.4, -0.2) is 37.6 Å². The van der Waals surface area contributed by atoms with Crippen molar-refractivity contribution in [2.75, 3.05) is 32.7 Å². The van der Waals surface area contributed by atoms with Gasteiger partial charge in [0, 0.05) is 26.2 Å². The van der Waals surface area contributed by atoms with E-state index in [1.165, 1.54) is 71.1 Å². The van der Waals surface area contributed by atoms with E-state index < -0.39 is 0 Å². The zero-order chi connectivity index (χ0) is 14.0. The Hall–Kier alpha value is -0.0800. The molecule has 2 atom stereocenters. The van der Waals surface area contributed by atoms with Gasteiger partial charge in [0.15, 0.2) is 0 Å². The van der Waals surface area contributed by atoms with Gasteiger partial charge in [0.05, 0.1) is 0 Å². The summed E-state index contributed by atoms with van der Waals surface area (Å²) < 4.78 is 0. The smallest absolute Gasteiger partial charge is 0.00504 e. The van der Waals surface area contributed by atoms with E-state index in [0.29, 0.717) is 5.41 Å². The summed E-state index contributed by atoms with van der Waals surface area (Å²) in [6.45, 7) is 11.3. The molecule has 116 valence electrons. The minimum Gasteiger partial charge on any atom is -0.316 e. The van der Waals surface area contributed by atoms with Gasteiger partial charge in [0.2, 0.25) is 0 Å². The summed E-state index contributed by atoms with van der Waals surface area (Å²) >= 11 is 0. The lowest BCUT2D eigenvalue weighted by molar-refractivity contribution is 0.0947. The quantitative estimate of drug-likeness (QED) is 0.827. The van der Waals surface area contributed by atoms with Crippen molar-refractivity contribution in [2.45, 2.75) is 58.8 Å². The van der Waals surface area contributed by atoms with Crippen LogP contribution in [0.4, 0.5) is 0 Å². The third kappa shape index (κ3) is 3.22. The average Bonchev–Trinajstić information content (AvgIpc) is 3.01. The van der Waals surface area contributed by atoms with Gasteiger partial charge >= 0.3 is 0 Å². The van der Waals surface area contributed by atoms with Gasteiger partial charge in [-0.1, -0.05) is 33.1 Å². The van der Waals surface area contributed by atoms with E-state index >= 15 is 0 Å². The maximum Gasteiger partial charge on any atom is 0.00504 e. The second-order valence-electron chi connectivity index (χ2n) is 8.11. The predicted molar refractivity (Wildman–Crippen MR) is 85.9 cm³/mol. The second kappa shape index (κ2) is 6.36. The molecule has 0 aromatic carbocycles. The first-order valence-corrected chi connectivity index (χ1v) is 9.14. The van der Waals surface area contributed by atoms with Crippen LogP contribution in [-0.2, 0) is 0 Å². The first-order chi connectivity index (χ1) is 9.71. The Balaban J connectivity index is 1.58. The molecule has 2 aliphatic carbocycles. The maximum atomic E-state index is 3.67. The van der Waals surface area contributed by atoms with Crippen LogP contribution in [0.2, 0.25) is 0 Å². The zero-order valence-electron chi connectivity index (χ0n) is 13.7. The van der Waals surface area contributed by atoms with Crippen molar-refractivity contribution < 1.29 is 0 Å². The second-order valence-corrected chi connectivity index (χ2v) is 8.11. The van der Waals surface area contributed by atoms with E-state index in [4.69, 9.17) is 0 Å². The molecule has 2 unspecified atom stereocenters. The Bertz CT molecular complexity index is 289. The molecule has 2 nitrogen and oxygen atoms in total. The highest BCUT2D eigenvalue weighted by Gasteiger charge is 2.41. The van der Waals surface area contributed by atoms with Crippen molar-refractivity contribution >= 4 is 0 Å². The summed E-state index contributed by atoms with van der Waals surface area (Å²) in [5, 5.41) is 3.67. The number of hydrogen-bond acceptors (Lipinski definition) is 2. The maximum absolute atomic E-state index is 3.67. The highest BCUT2D eigenvalue weighted by molar-refractivity contribution is 4.94. The first kappa shape index (κ1) is 14.8. The molecule has 1 aliphatic heterocycles. The molecule has 1 saturated heterocycles. The van der Waals surface area contributed by atoms with Crippen LogP contribution in [0.15, 0.2) is 0 Å². The summed E-state index contributed by atoms with van der Waals surface area (Å²) in [5.74, 6) is 3.06.